The van der Waals surface area contributed by atoms with E-state index < -0.39 is 11.4 Å². The number of hydrogen-bond donors (Lipinski definition) is 2. The second-order valence-electron chi connectivity index (χ2n) is 5.01. The number of nitrogens with one attached hydrogen (secondary N) is 1. The molecule has 0 unspecified atom stereocenters. The number of aryl methyl sites for hydroxylation is 1. The van der Waals surface area contributed by atoms with Crippen molar-refractivity contribution in [3.8, 4) is 0 Å². The number of amides is 1. The van der Waals surface area contributed by atoms with Gasteiger partial charge in [0, 0.05) is 23.8 Å². The Labute approximate surface area is 120 Å². The number of carboxylic acids is 1. The molecule has 1 aromatic rings. The molecule has 0 aromatic carbocycles. The molecule has 1 fully saturated rings. The molecule has 104 valence electrons. The third-order valence-corrected chi connectivity index (χ3v) is 3.89. The van der Waals surface area contributed by atoms with Gasteiger partial charge in [0.2, 0.25) is 0 Å². The molecule has 19 heavy (non-hydrogen) atoms. The second-order valence-corrected chi connectivity index (χ2v) is 5.92. The summed E-state index contributed by atoms with van der Waals surface area (Å²) in [5, 5.41) is 11.8. The number of nitrogens with zero attached hydrogens (tertiary/aromatic N) is 1. The van der Waals surface area contributed by atoms with Crippen molar-refractivity contribution in [3.05, 3.63) is 22.4 Å². The van der Waals surface area contributed by atoms with E-state index in [1.807, 2.05) is 17.7 Å². The molecule has 2 rings (SSSR count). The SMILES string of the molecule is CCCn1cc(Br)cc1C(=O)NCC1(C(=O)O)CC1. The smallest absolute Gasteiger partial charge is 0.311 e. The van der Waals surface area contributed by atoms with Crippen molar-refractivity contribution in [3.63, 3.8) is 0 Å². The number of halogens is 1. The predicted octanol–water partition coefficient (Wildman–Crippen LogP) is 2.26. The molecule has 0 aliphatic heterocycles. The van der Waals surface area contributed by atoms with Gasteiger partial charge in [0.25, 0.3) is 5.91 Å². The minimum Gasteiger partial charge on any atom is -0.481 e. The highest BCUT2D eigenvalue weighted by atomic mass is 79.9. The molecule has 1 amide bonds. The maximum atomic E-state index is 12.1. The largest absolute Gasteiger partial charge is 0.481 e. The zero-order valence-corrected chi connectivity index (χ0v) is 12.4. The van der Waals surface area contributed by atoms with E-state index in [-0.39, 0.29) is 12.5 Å². The fourth-order valence-corrected chi connectivity index (χ4v) is 2.51. The van der Waals surface area contributed by atoms with Crippen molar-refractivity contribution >= 4 is 27.8 Å². The van der Waals surface area contributed by atoms with Gasteiger partial charge in [-0.3, -0.25) is 9.59 Å². The van der Waals surface area contributed by atoms with Crippen molar-refractivity contribution in [2.45, 2.75) is 32.7 Å². The van der Waals surface area contributed by atoms with Crippen LogP contribution in [0.3, 0.4) is 0 Å². The third kappa shape index (κ3) is 3.00. The summed E-state index contributed by atoms with van der Waals surface area (Å²) in [7, 11) is 0. The fourth-order valence-electron chi connectivity index (χ4n) is 2.05. The normalized spacial score (nSPS) is 16.1. The lowest BCUT2D eigenvalue weighted by Crippen LogP contribution is -2.35. The summed E-state index contributed by atoms with van der Waals surface area (Å²) in [5.74, 6) is -1.04. The Morgan fingerprint density at radius 2 is 2.21 bits per heavy atom. The summed E-state index contributed by atoms with van der Waals surface area (Å²) in [6.07, 6.45) is 4.08. The molecule has 0 spiro atoms. The van der Waals surface area contributed by atoms with Crippen molar-refractivity contribution in [2.75, 3.05) is 6.54 Å². The summed E-state index contributed by atoms with van der Waals surface area (Å²) in [4.78, 5) is 23.1. The maximum Gasteiger partial charge on any atom is 0.311 e. The summed E-state index contributed by atoms with van der Waals surface area (Å²) in [6, 6.07) is 1.76. The summed E-state index contributed by atoms with van der Waals surface area (Å²) < 4.78 is 2.73. The minimum absolute atomic E-state index is 0.204. The van der Waals surface area contributed by atoms with Crippen LogP contribution in [-0.4, -0.2) is 28.1 Å². The topological polar surface area (TPSA) is 71.3 Å². The van der Waals surface area contributed by atoms with E-state index in [9.17, 15) is 9.59 Å². The molecule has 0 radical (unpaired) electrons. The van der Waals surface area contributed by atoms with Crippen LogP contribution < -0.4 is 5.32 Å². The number of hydrogen-bond acceptors (Lipinski definition) is 2. The van der Waals surface area contributed by atoms with Crippen LogP contribution in [0.2, 0.25) is 0 Å². The molecule has 1 heterocycles. The molecule has 1 aliphatic carbocycles. The van der Waals surface area contributed by atoms with Crippen molar-refractivity contribution < 1.29 is 14.7 Å². The number of carboxylic acid groups (broad SMARTS) is 1. The highest BCUT2D eigenvalue weighted by Gasteiger charge is 2.50. The van der Waals surface area contributed by atoms with Gasteiger partial charge in [-0.1, -0.05) is 6.92 Å². The maximum absolute atomic E-state index is 12.1. The number of aliphatic carboxylic acids is 1. The highest BCUT2D eigenvalue weighted by molar-refractivity contribution is 9.10. The minimum atomic E-state index is -0.821. The van der Waals surface area contributed by atoms with E-state index in [2.05, 4.69) is 21.2 Å². The van der Waals surface area contributed by atoms with E-state index in [1.165, 1.54) is 0 Å². The molecule has 0 atom stereocenters. The first-order valence-electron chi connectivity index (χ1n) is 6.36. The van der Waals surface area contributed by atoms with E-state index in [4.69, 9.17) is 5.11 Å². The highest BCUT2D eigenvalue weighted by Crippen LogP contribution is 2.45. The summed E-state index contributed by atoms with van der Waals surface area (Å²) in [6.45, 7) is 3.01. The number of carbonyl (C=O) groups excluding carboxylic acids is 1. The van der Waals surface area contributed by atoms with E-state index in [1.54, 1.807) is 6.07 Å². The van der Waals surface area contributed by atoms with Gasteiger partial charge < -0.3 is 15.0 Å². The summed E-state index contributed by atoms with van der Waals surface area (Å²) >= 11 is 3.35. The second kappa shape index (κ2) is 5.36. The molecule has 0 bridgehead atoms. The molecule has 2 N–H and O–H groups in total. The third-order valence-electron chi connectivity index (χ3n) is 3.45. The Hall–Kier alpha value is -1.30. The first kappa shape index (κ1) is 14.1. The van der Waals surface area contributed by atoms with E-state index in [0.717, 1.165) is 17.4 Å². The van der Waals surface area contributed by atoms with E-state index in [0.29, 0.717) is 18.5 Å². The molecule has 1 saturated carbocycles. The van der Waals surface area contributed by atoms with Gasteiger partial charge in [-0.25, -0.2) is 0 Å². The average molecular weight is 329 g/mol. The number of aromatic nitrogens is 1. The Morgan fingerprint density at radius 1 is 1.53 bits per heavy atom. The number of carbonyl (C=O) groups is 2. The monoisotopic (exact) mass is 328 g/mol. The van der Waals surface area contributed by atoms with Crippen LogP contribution in [0.5, 0.6) is 0 Å². The van der Waals surface area contributed by atoms with Crippen molar-refractivity contribution in [1.29, 1.82) is 0 Å². The predicted molar refractivity (Wildman–Crippen MR) is 74.1 cm³/mol. The van der Waals surface area contributed by atoms with Gasteiger partial charge in [-0.15, -0.1) is 0 Å². The van der Waals surface area contributed by atoms with Crippen LogP contribution in [-0.2, 0) is 11.3 Å². The molecule has 6 heteroatoms. The van der Waals surface area contributed by atoms with Gasteiger partial charge >= 0.3 is 5.97 Å². The standard InChI is InChI=1S/C13H17BrN2O3/c1-2-5-16-7-9(14)6-10(16)11(17)15-8-13(3-4-13)12(18)19/h6-7H,2-5,8H2,1H3,(H,15,17)(H,18,19). The molecule has 0 saturated heterocycles. The van der Waals surface area contributed by atoms with Crippen LogP contribution in [0.1, 0.15) is 36.7 Å². The van der Waals surface area contributed by atoms with Gasteiger partial charge in [0.15, 0.2) is 0 Å². The lowest BCUT2D eigenvalue weighted by atomic mass is 10.1. The van der Waals surface area contributed by atoms with Crippen LogP contribution in [0.15, 0.2) is 16.7 Å². The number of rotatable bonds is 6. The molecule has 1 aromatic heterocycles. The Kier molecular flexibility index (Phi) is 3.99. The molecular formula is C13H17BrN2O3. The van der Waals surface area contributed by atoms with Crippen molar-refractivity contribution in [2.24, 2.45) is 5.41 Å². The first-order valence-corrected chi connectivity index (χ1v) is 7.15. The Bertz CT molecular complexity index is 506. The van der Waals surface area contributed by atoms with Gasteiger partial charge in [0.1, 0.15) is 5.69 Å². The Balaban J connectivity index is 2.02. The summed E-state index contributed by atoms with van der Waals surface area (Å²) in [5.41, 5.74) is -0.162. The quantitative estimate of drug-likeness (QED) is 0.841. The first-order chi connectivity index (χ1) is 8.98. The van der Waals surface area contributed by atoms with Gasteiger partial charge in [-0.2, -0.15) is 0 Å². The zero-order valence-electron chi connectivity index (χ0n) is 10.8. The van der Waals surface area contributed by atoms with Gasteiger partial charge in [-0.05, 0) is 41.3 Å². The Morgan fingerprint density at radius 3 is 2.74 bits per heavy atom. The van der Waals surface area contributed by atoms with Crippen LogP contribution in [0.4, 0.5) is 0 Å². The average Bonchev–Trinajstić information content (AvgIpc) is 3.06. The lowest BCUT2D eigenvalue weighted by molar-refractivity contribution is -0.143. The van der Waals surface area contributed by atoms with E-state index >= 15 is 0 Å². The van der Waals surface area contributed by atoms with Gasteiger partial charge in [0.05, 0.1) is 5.41 Å². The van der Waals surface area contributed by atoms with Crippen molar-refractivity contribution in [1.82, 2.24) is 9.88 Å². The fraction of sp³-hybridized carbons (Fsp3) is 0.538. The molecule has 5 nitrogen and oxygen atoms in total. The van der Waals surface area contributed by atoms with Crippen LogP contribution in [0.25, 0.3) is 0 Å². The van der Waals surface area contributed by atoms with Crippen LogP contribution in [0, 0.1) is 5.41 Å². The molecular weight excluding hydrogens is 312 g/mol. The zero-order chi connectivity index (χ0) is 14.0. The lowest BCUT2D eigenvalue weighted by Gasteiger charge is -2.12. The van der Waals surface area contributed by atoms with Crippen LogP contribution >= 0.6 is 15.9 Å². The molecule has 1 aliphatic rings.